The minimum atomic E-state index is -0.814. The summed E-state index contributed by atoms with van der Waals surface area (Å²) in [5.41, 5.74) is 1.85. The number of carbonyl (C=O) groups is 2. The number of Topliss-reactive ketones (excluding diaryl/α,β-unsaturated/α-hetero) is 1. The molecule has 108 valence electrons. The lowest BCUT2D eigenvalue weighted by Crippen LogP contribution is -2.17. The van der Waals surface area contributed by atoms with E-state index in [1.807, 2.05) is 19.1 Å². The zero-order chi connectivity index (χ0) is 14.7. The fourth-order valence-corrected chi connectivity index (χ4v) is 3.00. The number of hydrogen-bond donors (Lipinski definition) is 1. The number of carbonyl (C=O) groups excluding carboxylic acids is 1. The molecule has 0 radical (unpaired) electrons. The van der Waals surface area contributed by atoms with Gasteiger partial charge in [-0.15, -0.1) is 0 Å². The zero-order valence-corrected chi connectivity index (χ0v) is 13.5. The minimum absolute atomic E-state index is 0.0962. The zero-order valence-electron chi connectivity index (χ0n) is 11.3. The van der Waals surface area contributed by atoms with Gasteiger partial charge in [0, 0.05) is 18.4 Å². The molecule has 2 rings (SSSR count). The summed E-state index contributed by atoms with van der Waals surface area (Å²) in [4.78, 5) is 22.4. The molecule has 0 spiro atoms. The average Bonchev–Trinajstić information content (AvgIpc) is 2.75. The minimum Gasteiger partial charge on any atom is -0.489 e. The van der Waals surface area contributed by atoms with Gasteiger partial charge in [0.25, 0.3) is 0 Å². The maximum atomic E-state index is 11.8. The molecule has 0 aliphatic heterocycles. The van der Waals surface area contributed by atoms with E-state index in [1.54, 1.807) is 0 Å². The van der Waals surface area contributed by atoms with Crippen molar-refractivity contribution in [1.29, 1.82) is 0 Å². The van der Waals surface area contributed by atoms with Crippen LogP contribution in [0.4, 0.5) is 0 Å². The third kappa shape index (κ3) is 3.50. The van der Waals surface area contributed by atoms with Crippen molar-refractivity contribution in [1.82, 2.24) is 0 Å². The number of aliphatic carboxylic acids is 1. The van der Waals surface area contributed by atoms with Gasteiger partial charge in [-0.25, -0.2) is 0 Å². The summed E-state index contributed by atoms with van der Waals surface area (Å²) in [6, 6.07) is 3.82. The highest BCUT2D eigenvalue weighted by Crippen LogP contribution is 2.32. The summed E-state index contributed by atoms with van der Waals surface area (Å²) in [5, 5.41) is 8.74. The van der Waals surface area contributed by atoms with Gasteiger partial charge in [-0.2, -0.15) is 0 Å². The molecule has 1 aromatic rings. The number of carboxylic acids is 1. The standard InChI is InChI=1S/C15H17IO4/c1-2-10(4-6-15(18)19)20-14-8-11-9(7-12(14)16)3-5-13(11)17/h7-8,10H,2-6H2,1H3,(H,18,19). The van der Waals surface area contributed by atoms with Crippen LogP contribution < -0.4 is 4.74 Å². The van der Waals surface area contributed by atoms with Crippen molar-refractivity contribution in [3.05, 3.63) is 26.8 Å². The maximum absolute atomic E-state index is 11.8. The molecule has 1 atom stereocenters. The normalized spacial score (nSPS) is 15.0. The predicted molar refractivity (Wildman–Crippen MR) is 83.4 cm³/mol. The number of ketones is 1. The Kier molecular flexibility index (Phi) is 5.01. The Morgan fingerprint density at radius 3 is 2.85 bits per heavy atom. The highest BCUT2D eigenvalue weighted by molar-refractivity contribution is 14.1. The van der Waals surface area contributed by atoms with Crippen LogP contribution in [0.1, 0.15) is 48.5 Å². The highest BCUT2D eigenvalue weighted by atomic mass is 127. The van der Waals surface area contributed by atoms with Crippen LogP contribution in [0.15, 0.2) is 12.1 Å². The number of carboxylic acid groups (broad SMARTS) is 1. The monoisotopic (exact) mass is 388 g/mol. The Balaban J connectivity index is 2.14. The number of ether oxygens (including phenoxy) is 1. The summed E-state index contributed by atoms with van der Waals surface area (Å²) in [7, 11) is 0. The molecule has 0 amide bonds. The molecule has 5 heteroatoms. The van der Waals surface area contributed by atoms with Gasteiger partial charge in [0.2, 0.25) is 0 Å². The van der Waals surface area contributed by atoms with Gasteiger partial charge in [0.1, 0.15) is 5.75 Å². The van der Waals surface area contributed by atoms with Crippen LogP contribution in [0, 0.1) is 3.57 Å². The molecule has 1 aliphatic rings. The third-order valence-corrected chi connectivity index (χ3v) is 4.35. The predicted octanol–water partition coefficient (Wildman–Crippen LogP) is 3.44. The van der Waals surface area contributed by atoms with Crippen LogP contribution in [-0.4, -0.2) is 23.0 Å². The second kappa shape index (κ2) is 6.56. The van der Waals surface area contributed by atoms with Crippen molar-refractivity contribution < 1.29 is 19.4 Å². The van der Waals surface area contributed by atoms with Gasteiger partial charge in [0.05, 0.1) is 9.67 Å². The van der Waals surface area contributed by atoms with E-state index in [4.69, 9.17) is 9.84 Å². The second-order valence-corrected chi connectivity index (χ2v) is 6.11. The van der Waals surface area contributed by atoms with Gasteiger partial charge in [-0.3, -0.25) is 9.59 Å². The molecular formula is C15H17IO4. The van der Waals surface area contributed by atoms with Crippen molar-refractivity contribution in [2.45, 2.75) is 45.1 Å². The van der Waals surface area contributed by atoms with E-state index in [-0.39, 0.29) is 18.3 Å². The number of hydrogen-bond acceptors (Lipinski definition) is 3. The Morgan fingerprint density at radius 2 is 2.20 bits per heavy atom. The summed E-state index contributed by atoms with van der Waals surface area (Å²) in [5.74, 6) is 0.0440. The Bertz CT molecular complexity index is 539. The molecule has 4 nitrogen and oxygen atoms in total. The first kappa shape index (κ1) is 15.3. The summed E-state index contributed by atoms with van der Waals surface area (Å²) in [6.07, 6.45) is 2.57. The second-order valence-electron chi connectivity index (χ2n) is 4.94. The Labute approximate surface area is 131 Å². The van der Waals surface area contributed by atoms with E-state index < -0.39 is 5.97 Å². The van der Waals surface area contributed by atoms with Gasteiger partial charge < -0.3 is 9.84 Å². The highest BCUT2D eigenvalue weighted by Gasteiger charge is 2.22. The number of rotatable bonds is 6. The fraction of sp³-hybridized carbons (Fsp3) is 0.467. The molecule has 1 aromatic carbocycles. The lowest BCUT2D eigenvalue weighted by atomic mass is 10.1. The topological polar surface area (TPSA) is 63.6 Å². The SMILES string of the molecule is CCC(CCC(=O)O)Oc1cc2c(cc1I)CCC2=O. The van der Waals surface area contributed by atoms with Crippen LogP contribution in [0.2, 0.25) is 0 Å². The smallest absolute Gasteiger partial charge is 0.303 e. The van der Waals surface area contributed by atoms with E-state index in [0.717, 1.165) is 27.5 Å². The lowest BCUT2D eigenvalue weighted by Gasteiger charge is -2.18. The summed E-state index contributed by atoms with van der Waals surface area (Å²) >= 11 is 2.20. The average molecular weight is 388 g/mol. The molecule has 20 heavy (non-hydrogen) atoms. The van der Waals surface area contributed by atoms with E-state index in [9.17, 15) is 9.59 Å². The number of benzene rings is 1. The maximum Gasteiger partial charge on any atom is 0.303 e. The number of halogens is 1. The molecule has 0 saturated heterocycles. The molecule has 0 fully saturated rings. The van der Waals surface area contributed by atoms with Gasteiger partial charge in [0.15, 0.2) is 5.78 Å². The van der Waals surface area contributed by atoms with Crippen molar-refractivity contribution >= 4 is 34.3 Å². The number of fused-ring (bicyclic) bond motifs is 1. The summed E-state index contributed by atoms with van der Waals surface area (Å²) in [6.45, 7) is 1.97. The van der Waals surface area contributed by atoms with E-state index in [2.05, 4.69) is 22.6 Å². The van der Waals surface area contributed by atoms with Crippen LogP contribution in [0.25, 0.3) is 0 Å². The molecule has 0 aromatic heterocycles. The fourth-order valence-electron chi connectivity index (χ4n) is 2.34. The first-order chi connectivity index (χ1) is 9.51. The molecule has 0 bridgehead atoms. The molecule has 1 N–H and O–H groups in total. The largest absolute Gasteiger partial charge is 0.489 e. The van der Waals surface area contributed by atoms with Crippen LogP contribution in [-0.2, 0) is 11.2 Å². The Hall–Kier alpha value is -1.11. The molecule has 0 heterocycles. The molecule has 1 aliphatic carbocycles. The van der Waals surface area contributed by atoms with E-state index in [0.29, 0.717) is 18.6 Å². The van der Waals surface area contributed by atoms with E-state index >= 15 is 0 Å². The van der Waals surface area contributed by atoms with Gasteiger partial charge in [-0.05, 0) is 59.5 Å². The number of aryl methyl sites for hydroxylation is 1. The summed E-state index contributed by atoms with van der Waals surface area (Å²) < 4.78 is 6.87. The molecule has 1 unspecified atom stereocenters. The Morgan fingerprint density at radius 1 is 1.45 bits per heavy atom. The first-order valence-electron chi connectivity index (χ1n) is 6.75. The van der Waals surface area contributed by atoms with Gasteiger partial charge in [-0.1, -0.05) is 6.92 Å². The molecular weight excluding hydrogens is 371 g/mol. The van der Waals surface area contributed by atoms with Crippen LogP contribution in [0.5, 0.6) is 5.75 Å². The first-order valence-corrected chi connectivity index (χ1v) is 7.83. The quantitative estimate of drug-likeness (QED) is 0.759. The van der Waals surface area contributed by atoms with Crippen molar-refractivity contribution in [3.63, 3.8) is 0 Å². The van der Waals surface area contributed by atoms with E-state index in [1.165, 1.54) is 0 Å². The van der Waals surface area contributed by atoms with Crippen molar-refractivity contribution in [3.8, 4) is 5.75 Å². The van der Waals surface area contributed by atoms with Crippen LogP contribution in [0.3, 0.4) is 0 Å². The molecule has 0 saturated carbocycles. The lowest BCUT2D eigenvalue weighted by molar-refractivity contribution is -0.137. The van der Waals surface area contributed by atoms with Crippen LogP contribution >= 0.6 is 22.6 Å². The van der Waals surface area contributed by atoms with Gasteiger partial charge >= 0.3 is 5.97 Å². The van der Waals surface area contributed by atoms with Crippen molar-refractivity contribution in [2.24, 2.45) is 0 Å². The van der Waals surface area contributed by atoms with Crippen molar-refractivity contribution in [2.75, 3.05) is 0 Å². The third-order valence-electron chi connectivity index (χ3n) is 3.51.